The van der Waals surface area contributed by atoms with Gasteiger partial charge in [-0.1, -0.05) is 0 Å². The van der Waals surface area contributed by atoms with E-state index in [0.29, 0.717) is 7.18 Å². The van der Waals surface area contributed by atoms with Crippen LogP contribution in [0.2, 0.25) is 0 Å². The average molecular weight is 178 g/mol. The van der Waals surface area contributed by atoms with Gasteiger partial charge in [0, 0.05) is 0 Å². The van der Waals surface area contributed by atoms with E-state index in [1.807, 2.05) is 0 Å². The summed E-state index contributed by atoms with van der Waals surface area (Å²) in [5.74, 6) is 0. The van der Waals surface area contributed by atoms with Crippen LogP contribution >= 0.6 is 0 Å². The Morgan fingerprint density at radius 3 is 1.91 bits per heavy atom. The monoisotopic (exact) mass is 178 g/mol. The van der Waals surface area contributed by atoms with Crippen molar-refractivity contribution in [3.05, 3.63) is 12.1 Å². The standard InChI is InChI=1S/C4H4F4O.CH3F/c5-1-2-9-4(8)3(6)7;1-2/h1-2H2;1H3. The van der Waals surface area contributed by atoms with Crippen LogP contribution in [0, 0.1) is 0 Å². The lowest BCUT2D eigenvalue weighted by atomic mass is 10.8. The smallest absolute Gasteiger partial charge is 0.342 e. The van der Waals surface area contributed by atoms with E-state index in [4.69, 9.17) is 0 Å². The van der Waals surface area contributed by atoms with Gasteiger partial charge in [0.2, 0.25) is 0 Å². The fraction of sp³-hybridized carbons (Fsp3) is 0.600. The van der Waals surface area contributed by atoms with Crippen molar-refractivity contribution in [1.82, 2.24) is 0 Å². The minimum atomic E-state index is -2.57. The SMILES string of the molecule is CF.FCCOC(F)=C(F)F. The van der Waals surface area contributed by atoms with Gasteiger partial charge in [-0.2, -0.15) is 13.2 Å². The molecule has 0 fully saturated rings. The number of hydrogen-bond donors (Lipinski definition) is 0. The summed E-state index contributed by atoms with van der Waals surface area (Å²) in [6, 6.07) is -2.01. The maximum atomic E-state index is 11.5. The van der Waals surface area contributed by atoms with Gasteiger partial charge < -0.3 is 4.74 Å². The molecule has 0 saturated heterocycles. The fourth-order valence-electron chi connectivity index (χ4n) is 0.183. The third-order valence-corrected chi connectivity index (χ3v) is 0.455. The van der Waals surface area contributed by atoms with Crippen molar-refractivity contribution in [1.29, 1.82) is 0 Å². The molecular weight excluding hydrogens is 171 g/mol. The third-order valence-electron chi connectivity index (χ3n) is 0.455. The summed E-state index contributed by atoms with van der Waals surface area (Å²) < 4.78 is 57.6. The van der Waals surface area contributed by atoms with Crippen LogP contribution in [0.3, 0.4) is 0 Å². The summed E-state index contributed by atoms with van der Waals surface area (Å²) in [5.41, 5.74) is 0. The second-order valence-electron chi connectivity index (χ2n) is 1.07. The van der Waals surface area contributed by atoms with Gasteiger partial charge in [-0.05, 0) is 0 Å². The second kappa shape index (κ2) is 9.19. The van der Waals surface area contributed by atoms with Gasteiger partial charge in [0.15, 0.2) is 0 Å². The van der Waals surface area contributed by atoms with E-state index in [1.54, 1.807) is 0 Å². The highest BCUT2D eigenvalue weighted by atomic mass is 19.3. The molecule has 0 amide bonds. The molecule has 11 heavy (non-hydrogen) atoms. The summed E-state index contributed by atoms with van der Waals surface area (Å²) in [5, 5.41) is 0. The zero-order valence-corrected chi connectivity index (χ0v) is 5.71. The molecule has 0 aliphatic carbocycles. The predicted molar refractivity (Wildman–Crippen MR) is 29.3 cm³/mol. The Balaban J connectivity index is 0. The van der Waals surface area contributed by atoms with Gasteiger partial charge in [0.05, 0.1) is 7.18 Å². The quantitative estimate of drug-likeness (QED) is 0.476. The zero-order valence-electron chi connectivity index (χ0n) is 5.71. The Hall–Kier alpha value is -0.810. The van der Waals surface area contributed by atoms with Crippen LogP contribution < -0.4 is 0 Å². The molecule has 0 spiro atoms. The van der Waals surface area contributed by atoms with E-state index < -0.39 is 25.4 Å². The second-order valence-corrected chi connectivity index (χ2v) is 1.07. The predicted octanol–water partition coefficient (Wildman–Crippen LogP) is 2.59. The summed E-state index contributed by atoms with van der Waals surface area (Å²) >= 11 is 0. The molecule has 0 heterocycles. The minimum absolute atomic E-state index is 0.500. The van der Waals surface area contributed by atoms with E-state index in [1.165, 1.54) is 0 Å². The van der Waals surface area contributed by atoms with Crippen molar-refractivity contribution >= 4 is 0 Å². The van der Waals surface area contributed by atoms with Crippen molar-refractivity contribution < 1.29 is 26.7 Å². The average Bonchev–Trinajstić information content (AvgIpc) is 2.03. The minimum Gasteiger partial charge on any atom is -0.464 e. The van der Waals surface area contributed by atoms with Gasteiger partial charge in [-0.3, -0.25) is 4.39 Å². The first-order valence-electron chi connectivity index (χ1n) is 2.45. The van der Waals surface area contributed by atoms with Gasteiger partial charge in [0.25, 0.3) is 0 Å². The van der Waals surface area contributed by atoms with Crippen molar-refractivity contribution in [2.24, 2.45) is 0 Å². The maximum Gasteiger partial charge on any atom is 0.342 e. The Labute approximate surface area is 60.5 Å². The molecule has 0 aromatic rings. The molecule has 0 aromatic heterocycles. The van der Waals surface area contributed by atoms with Crippen molar-refractivity contribution in [3.8, 4) is 0 Å². The van der Waals surface area contributed by atoms with Crippen LogP contribution in [-0.4, -0.2) is 20.5 Å². The van der Waals surface area contributed by atoms with Gasteiger partial charge >= 0.3 is 12.1 Å². The Bertz CT molecular complexity index is 109. The molecular formula is C5H7F5O. The van der Waals surface area contributed by atoms with E-state index in [2.05, 4.69) is 4.74 Å². The largest absolute Gasteiger partial charge is 0.464 e. The van der Waals surface area contributed by atoms with Crippen LogP contribution in [0.5, 0.6) is 0 Å². The van der Waals surface area contributed by atoms with E-state index in [0.717, 1.165) is 0 Å². The lowest BCUT2D eigenvalue weighted by Gasteiger charge is -1.95. The molecule has 0 N–H and O–H groups in total. The number of halogens is 5. The Morgan fingerprint density at radius 2 is 1.64 bits per heavy atom. The molecule has 0 radical (unpaired) electrons. The molecule has 68 valence electrons. The zero-order chi connectivity index (χ0) is 9.28. The number of hydrogen-bond acceptors (Lipinski definition) is 1. The number of alkyl halides is 2. The third kappa shape index (κ3) is 9.19. The van der Waals surface area contributed by atoms with Crippen LogP contribution in [0.25, 0.3) is 0 Å². The highest BCUT2D eigenvalue weighted by Crippen LogP contribution is 2.09. The summed E-state index contributed by atoms with van der Waals surface area (Å²) in [4.78, 5) is 0. The normalized spacial score (nSPS) is 7.82. The van der Waals surface area contributed by atoms with Gasteiger partial charge in [-0.15, -0.1) is 0 Å². The summed E-state index contributed by atoms with van der Waals surface area (Å²) in [7, 11) is 0.500. The molecule has 6 heteroatoms. The first-order chi connectivity index (χ1) is 5.18. The molecule has 0 saturated carbocycles. The molecule has 0 aliphatic rings. The van der Waals surface area contributed by atoms with E-state index >= 15 is 0 Å². The molecule has 0 atom stereocenters. The highest BCUT2D eigenvalue weighted by molar-refractivity contribution is 4.80. The first-order valence-corrected chi connectivity index (χ1v) is 2.45. The molecule has 0 unspecified atom stereocenters. The lowest BCUT2D eigenvalue weighted by molar-refractivity contribution is 0.108. The van der Waals surface area contributed by atoms with Crippen molar-refractivity contribution in [2.45, 2.75) is 0 Å². The Kier molecular flexibility index (Phi) is 10.7. The fourth-order valence-corrected chi connectivity index (χ4v) is 0.183. The van der Waals surface area contributed by atoms with Crippen LogP contribution in [0.4, 0.5) is 22.0 Å². The lowest BCUT2D eigenvalue weighted by Crippen LogP contribution is -1.92. The van der Waals surface area contributed by atoms with Crippen LogP contribution in [0.1, 0.15) is 0 Å². The molecule has 0 aromatic carbocycles. The van der Waals surface area contributed by atoms with Gasteiger partial charge in [0.1, 0.15) is 13.3 Å². The molecule has 1 nitrogen and oxygen atoms in total. The van der Waals surface area contributed by atoms with E-state index in [-0.39, 0.29) is 0 Å². The van der Waals surface area contributed by atoms with Crippen LogP contribution in [-0.2, 0) is 4.74 Å². The maximum absolute atomic E-state index is 11.5. The molecule has 0 rings (SSSR count). The van der Waals surface area contributed by atoms with Crippen molar-refractivity contribution in [3.63, 3.8) is 0 Å². The topological polar surface area (TPSA) is 9.23 Å². The summed E-state index contributed by atoms with van der Waals surface area (Å²) in [6.45, 7) is -1.66. The van der Waals surface area contributed by atoms with Gasteiger partial charge in [-0.25, -0.2) is 4.39 Å². The molecule has 0 bridgehead atoms. The first kappa shape index (κ1) is 12.8. The van der Waals surface area contributed by atoms with E-state index in [9.17, 15) is 22.0 Å². The highest BCUT2D eigenvalue weighted by Gasteiger charge is 2.04. The molecule has 0 aliphatic heterocycles. The van der Waals surface area contributed by atoms with Crippen molar-refractivity contribution in [2.75, 3.05) is 20.5 Å². The Morgan fingerprint density at radius 1 is 1.18 bits per heavy atom. The summed E-state index contributed by atoms with van der Waals surface area (Å²) in [6.07, 6.45) is -2.57. The number of ether oxygens (including phenoxy) is 1. The van der Waals surface area contributed by atoms with Crippen LogP contribution in [0.15, 0.2) is 12.1 Å². The number of rotatable bonds is 3.